The molecule has 21 heavy (non-hydrogen) atoms. The molecule has 0 atom stereocenters. The summed E-state index contributed by atoms with van der Waals surface area (Å²) in [5, 5.41) is 8.78. The van der Waals surface area contributed by atoms with E-state index < -0.39 is 0 Å². The van der Waals surface area contributed by atoms with Gasteiger partial charge in [0.1, 0.15) is 6.61 Å². The second-order valence-corrected chi connectivity index (χ2v) is 4.62. The lowest BCUT2D eigenvalue weighted by Crippen LogP contribution is -2.04. The van der Waals surface area contributed by atoms with Gasteiger partial charge >= 0.3 is 0 Å². The van der Waals surface area contributed by atoms with E-state index in [1.807, 2.05) is 30.3 Å². The van der Waals surface area contributed by atoms with Crippen LogP contribution in [0, 0.1) is 11.3 Å². The fraction of sp³-hybridized carbons (Fsp3) is 0.235. The van der Waals surface area contributed by atoms with Crippen LogP contribution in [0.5, 0.6) is 11.5 Å². The highest BCUT2D eigenvalue weighted by molar-refractivity contribution is 5.43. The SMILES string of the molecule is COc1ccc(CCN)cc1OCc1ccc(C#N)cc1. The number of rotatable bonds is 6. The van der Waals surface area contributed by atoms with Crippen molar-refractivity contribution in [3.63, 3.8) is 0 Å². The number of ether oxygens (including phenoxy) is 2. The van der Waals surface area contributed by atoms with Crippen molar-refractivity contribution in [3.8, 4) is 17.6 Å². The standard InChI is InChI=1S/C17H18N2O2/c1-20-16-7-6-13(8-9-18)10-17(16)21-12-15-4-2-14(11-19)3-5-15/h2-7,10H,8-9,12,18H2,1H3. The Morgan fingerprint density at radius 2 is 1.76 bits per heavy atom. The van der Waals surface area contributed by atoms with Gasteiger partial charge in [0.25, 0.3) is 0 Å². The first-order chi connectivity index (χ1) is 10.3. The van der Waals surface area contributed by atoms with Gasteiger partial charge in [0.15, 0.2) is 11.5 Å². The molecule has 4 heteroatoms. The molecule has 0 fully saturated rings. The van der Waals surface area contributed by atoms with Gasteiger partial charge in [-0.25, -0.2) is 0 Å². The van der Waals surface area contributed by atoms with E-state index in [0.29, 0.717) is 30.2 Å². The number of methoxy groups -OCH3 is 1. The number of hydrogen-bond acceptors (Lipinski definition) is 4. The second-order valence-electron chi connectivity index (χ2n) is 4.62. The highest BCUT2D eigenvalue weighted by Crippen LogP contribution is 2.29. The summed E-state index contributed by atoms with van der Waals surface area (Å²) < 4.78 is 11.1. The molecule has 2 rings (SSSR count). The van der Waals surface area contributed by atoms with Crippen molar-refractivity contribution in [1.29, 1.82) is 5.26 Å². The third-order valence-electron chi connectivity index (χ3n) is 3.14. The van der Waals surface area contributed by atoms with Gasteiger partial charge in [0.2, 0.25) is 0 Å². The zero-order valence-electron chi connectivity index (χ0n) is 12.0. The van der Waals surface area contributed by atoms with Gasteiger partial charge in [-0.1, -0.05) is 18.2 Å². The molecule has 4 nitrogen and oxygen atoms in total. The van der Waals surface area contributed by atoms with E-state index >= 15 is 0 Å². The molecule has 0 radical (unpaired) electrons. The average Bonchev–Trinajstić information content (AvgIpc) is 2.54. The lowest BCUT2D eigenvalue weighted by atomic mass is 10.1. The summed E-state index contributed by atoms with van der Waals surface area (Å²) in [5.41, 5.74) is 8.33. The molecule has 0 bridgehead atoms. The first kappa shape index (κ1) is 14.9. The van der Waals surface area contributed by atoms with E-state index in [1.165, 1.54) is 0 Å². The molecule has 0 unspecified atom stereocenters. The number of nitriles is 1. The number of hydrogen-bond donors (Lipinski definition) is 1. The third kappa shape index (κ3) is 3.98. The van der Waals surface area contributed by atoms with Gasteiger partial charge in [-0.2, -0.15) is 5.26 Å². The molecule has 2 N–H and O–H groups in total. The maximum absolute atomic E-state index is 8.78. The zero-order valence-corrected chi connectivity index (χ0v) is 12.0. The summed E-state index contributed by atoms with van der Waals surface area (Å²) >= 11 is 0. The van der Waals surface area contributed by atoms with Crippen LogP contribution in [0.2, 0.25) is 0 Å². The first-order valence-corrected chi connectivity index (χ1v) is 6.75. The summed E-state index contributed by atoms with van der Waals surface area (Å²) in [6.07, 6.45) is 0.803. The Balaban J connectivity index is 2.10. The molecule has 0 aliphatic heterocycles. The topological polar surface area (TPSA) is 68.3 Å². The first-order valence-electron chi connectivity index (χ1n) is 6.75. The largest absolute Gasteiger partial charge is 0.493 e. The quantitative estimate of drug-likeness (QED) is 0.884. The Morgan fingerprint density at radius 1 is 1.05 bits per heavy atom. The van der Waals surface area contributed by atoms with Crippen molar-refractivity contribution >= 4 is 0 Å². The Morgan fingerprint density at radius 3 is 2.38 bits per heavy atom. The van der Waals surface area contributed by atoms with Gasteiger partial charge in [-0.05, 0) is 48.4 Å². The Labute approximate surface area is 124 Å². The molecule has 0 amide bonds. The lowest BCUT2D eigenvalue weighted by molar-refractivity contribution is 0.284. The van der Waals surface area contributed by atoms with Crippen molar-refractivity contribution in [2.45, 2.75) is 13.0 Å². The van der Waals surface area contributed by atoms with E-state index in [9.17, 15) is 0 Å². The number of nitrogens with zero attached hydrogens (tertiary/aromatic N) is 1. The molecular formula is C17H18N2O2. The van der Waals surface area contributed by atoms with E-state index in [0.717, 1.165) is 17.5 Å². The van der Waals surface area contributed by atoms with Crippen molar-refractivity contribution in [3.05, 3.63) is 59.2 Å². The van der Waals surface area contributed by atoms with E-state index in [-0.39, 0.29) is 0 Å². The van der Waals surface area contributed by atoms with Crippen molar-refractivity contribution < 1.29 is 9.47 Å². The third-order valence-corrected chi connectivity index (χ3v) is 3.14. The van der Waals surface area contributed by atoms with Gasteiger partial charge in [-0.3, -0.25) is 0 Å². The Hall–Kier alpha value is -2.51. The normalized spacial score (nSPS) is 9.95. The molecule has 0 heterocycles. The molecule has 0 aromatic heterocycles. The van der Waals surface area contributed by atoms with Crippen molar-refractivity contribution in [2.75, 3.05) is 13.7 Å². The monoisotopic (exact) mass is 282 g/mol. The minimum absolute atomic E-state index is 0.425. The molecular weight excluding hydrogens is 264 g/mol. The lowest BCUT2D eigenvalue weighted by Gasteiger charge is -2.12. The van der Waals surface area contributed by atoms with Crippen LogP contribution in [0.15, 0.2) is 42.5 Å². The molecule has 2 aromatic carbocycles. The number of nitrogens with two attached hydrogens (primary N) is 1. The highest BCUT2D eigenvalue weighted by Gasteiger charge is 2.06. The van der Waals surface area contributed by atoms with Crippen LogP contribution < -0.4 is 15.2 Å². The summed E-state index contributed by atoms with van der Waals surface area (Å²) in [5.74, 6) is 1.40. The van der Waals surface area contributed by atoms with Gasteiger partial charge in [0.05, 0.1) is 18.7 Å². The average molecular weight is 282 g/mol. The van der Waals surface area contributed by atoms with Crippen LogP contribution in [0.4, 0.5) is 0 Å². The molecule has 0 saturated carbocycles. The smallest absolute Gasteiger partial charge is 0.161 e. The molecule has 0 aliphatic carbocycles. The maximum Gasteiger partial charge on any atom is 0.161 e. The van der Waals surface area contributed by atoms with E-state index in [2.05, 4.69) is 6.07 Å². The fourth-order valence-electron chi connectivity index (χ4n) is 1.99. The Kier molecular flexibility index (Phi) is 5.19. The summed E-state index contributed by atoms with van der Waals surface area (Å²) in [6, 6.07) is 15.2. The summed E-state index contributed by atoms with van der Waals surface area (Å²) in [6.45, 7) is 1.02. The molecule has 0 saturated heterocycles. The molecule has 0 spiro atoms. The Bertz CT molecular complexity index is 630. The highest BCUT2D eigenvalue weighted by atomic mass is 16.5. The van der Waals surface area contributed by atoms with E-state index in [1.54, 1.807) is 19.2 Å². The minimum Gasteiger partial charge on any atom is -0.493 e. The van der Waals surface area contributed by atoms with Gasteiger partial charge in [-0.15, -0.1) is 0 Å². The molecule has 0 aliphatic rings. The van der Waals surface area contributed by atoms with Crippen molar-refractivity contribution in [1.82, 2.24) is 0 Å². The van der Waals surface area contributed by atoms with Crippen LogP contribution >= 0.6 is 0 Å². The molecule has 2 aromatic rings. The summed E-state index contributed by atoms with van der Waals surface area (Å²) in [7, 11) is 1.62. The van der Waals surface area contributed by atoms with Crippen LogP contribution in [-0.4, -0.2) is 13.7 Å². The van der Waals surface area contributed by atoms with Crippen molar-refractivity contribution in [2.24, 2.45) is 5.73 Å². The maximum atomic E-state index is 8.78. The molecule has 108 valence electrons. The summed E-state index contributed by atoms with van der Waals surface area (Å²) in [4.78, 5) is 0. The van der Waals surface area contributed by atoms with Crippen LogP contribution in [0.1, 0.15) is 16.7 Å². The fourth-order valence-corrected chi connectivity index (χ4v) is 1.99. The van der Waals surface area contributed by atoms with Crippen LogP contribution in [0.3, 0.4) is 0 Å². The van der Waals surface area contributed by atoms with Crippen LogP contribution in [0.25, 0.3) is 0 Å². The predicted molar refractivity (Wildman–Crippen MR) is 81.2 cm³/mol. The minimum atomic E-state index is 0.425. The second kappa shape index (κ2) is 7.32. The van der Waals surface area contributed by atoms with Gasteiger partial charge in [0, 0.05) is 0 Å². The predicted octanol–water partition coefficient (Wildman–Crippen LogP) is 2.65. The number of benzene rings is 2. The zero-order chi connectivity index (χ0) is 15.1. The van der Waals surface area contributed by atoms with Gasteiger partial charge < -0.3 is 15.2 Å². The van der Waals surface area contributed by atoms with E-state index in [4.69, 9.17) is 20.5 Å². The van der Waals surface area contributed by atoms with Crippen LogP contribution in [-0.2, 0) is 13.0 Å².